The maximum Gasteiger partial charge on any atom is 0.233 e. The Morgan fingerprint density at radius 1 is 1.75 bits per heavy atom. The van der Waals surface area contributed by atoms with E-state index in [2.05, 4.69) is 0 Å². The normalized spacial score (nSPS) is 25.0. The third-order valence-electron chi connectivity index (χ3n) is 2.64. The van der Waals surface area contributed by atoms with Crippen LogP contribution in [0.5, 0.6) is 0 Å². The molecule has 1 unspecified atom stereocenters. The molecule has 0 radical (unpaired) electrons. The van der Waals surface area contributed by atoms with Gasteiger partial charge in [0.2, 0.25) is 5.91 Å². The SMILES string of the molecule is CC1(O)CCN(C(=O)CSc2cccs2)C1. The summed E-state index contributed by atoms with van der Waals surface area (Å²) in [6.45, 7) is 2.93. The molecule has 1 amide bonds. The number of aliphatic hydroxyl groups is 1. The van der Waals surface area contributed by atoms with E-state index in [4.69, 9.17) is 0 Å². The third-order valence-corrected chi connectivity index (χ3v) is 4.75. The smallest absolute Gasteiger partial charge is 0.233 e. The molecule has 1 saturated heterocycles. The van der Waals surface area contributed by atoms with Gasteiger partial charge in [0.1, 0.15) is 0 Å². The molecule has 0 bridgehead atoms. The number of thioether (sulfide) groups is 1. The molecule has 0 aliphatic carbocycles. The largest absolute Gasteiger partial charge is 0.388 e. The van der Waals surface area contributed by atoms with Crippen LogP contribution in [0.15, 0.2) is 21.7 Å². The molecule has 0 aromatic carbocycles. The van der Waals surface area contributed by atoms with Crippen LogP contribution >= 0.6 is 23.1 Å². The first kappa shape index (κ1) is 12.0. The molecule has 5 heteroatoms. The van der Waals surface area contributed by atoms with Gasteiger partial charge in [0.15, 0.2) is 0 Å². The summed E-state index contributed by atoms with van der Waals surface area (Å²) >= 11 is 3.22. The summed E-state index contributed by atoms with van der Waals surface area (Å²) < 4.78 is 1.17. The van der Waals surface area contributed by atoms with Crippen molar-refractivity contribution < 1.29 is 9.90 Å². The minimum atomic E-state index is -0.691. The summed E-state index contributed by atoms with van der Waals surface area (Å²) in [7, 11) is 0. The number of amides is 1. The minimum absolute atomic E-state index is 0.121. The minimum Gasteiger partial charge on any atom is -0.388 e. The van der Waals surface area contributed by atoms with Gasteiger partial charge in [0, 0.05) is 13.1 Å². The number of thiophene rings is 1. The van der Waals surface area contributed by atoms with Crippen LogP contribution in [0.1, 0.15) is 13.3 Å². The molecule has 0 spiro atoms. The lowest BCUT2D eigenvalue weighted by molar-refractivity contribution is -0.128. The molecule has 2 heterocycles. The van der Waals surface area contributed by atoms with Gasteiger partial charge in [-0.25, -0.2) is 0 Å². The monoisotopic (exact) mass is 257 g/mol. The highest BCUT2D eigenvalue weighted by molar-refractivity contribution is 8.01. The fraction of sp³-hybridized carbons (Fsp3) is 0.545. The molecule has 16 heavy (non-hydrogen) atoms. The van der Waals surface area contributed by atoms with E-state index >= 15 is 0 Å². The Bertz CT molecular complexity index is 362. The fourth-order valence-corrected chi connectivity index (χ4v) is 3.41. The van der Waals surface area contributed by atoms with E-state index in [9.17, 15) is 9.90 Å². The van der Waals surface area contributed by atoms with Crippen molar-refractivity contribution in [3.05, 3.63) is 17.5 Å². The third kappa shape index (κ3) is 2.99. The summed E-state index contributed by atoms with van der Waals surface area (Å²) in [4.78, 5) is 13.6. The van der Waals surface area contributed by atoms with Gasteiger partial charge in [0.25, 0.3) is 0 Å². The first-order chi connectivity index (χ1) is 7.57. The zero-order chi connectivity index (χ0) is 11.6. The first-order valence-corrected chi connectivity index (χ1v) is 7.10. The number of likely N-dealkylation sites (tertiary alicyclic amines) is 1. The van der Waals surface area contributed by atoms with Gasteiger partial charge >= 0.3 is 0 Å². The van der Waals surface area contributed by atoms with Gasteiger partial charge < -0.3 is 10.0 Å². The molecular weight excluding hydrogens is 242 g/mol. The van der Waals surface area contributed by atoms with E-state index in [1.807, 2.05) is 17.5 Å². The average Bonchev–Trinajstić information content (AvgIpc) is 2.83. The number of β-amino-alcohol motifs (C(OH)–C–C–N with tert-alkyl or cyclic N) is 1. The van der Waals surface area contributed by atoms with E-state index in [0.29, 0.717) is 25.3 Å². The van der Waals surface area contributed by atoms with E-state index in [1.54, 1.807) is 34.9 Å². The van der Waals surface area contributed by atoms with Gasteiger partial charge in [-0.2, -0.15) is 0 Å². The second kappa shape index (κ2) is 4.77. The van der Waals surface area contributed by atoms with Gasteiger partial charge in [-0.1, -0.05) is 6.07 Å². The molecule has 1 aliphatic rings. The summed E-state index contributed by atoms with van der Waals surface area (Å²) in [6, 6.07) is 4.00. The predicted octanol–water partition coefficient (Wildman–Crippen LogP) is 1.82. The van der Waals surface area contributed by atoms with Crippen molar-refractivity contribution in [3.63, 3.8) is 0 Å². The Hall–Kier alpha value is -0.520. The van der Waals surface area contributed by atoms with Crippen LogP contribution in [-0.2, 0) is 4.79 Å². The van der Waals surface area contributed by atoms with Crippen LogP contribution in [-0.4, -0.2) is 40.4 Å². The van der Waals surface area contributed by atoms with Gasteiger partial charge in [-0.05, 0) is 24.8 Å². The number of carbonyl (C=O) groups excluding carboxylic acids is 1. The predicted molar refractivity (Wildman–Crippen MR) is 66.9 cm³/mol. The first-order valence-electron chi connectivity index (χ1n) is 5.23. The Morgan fingerprint density at radius 2 is 2.56 bits per heavy atom. The fourth-order valence-electron chi connectivity index (χ4n) is 1.73. The second-order valence-electron chi connectivity index (χ2n) is 4.28. The zero-order valence-corrected chi connectivity index (χ0v) is 10.8. The van der Waals surface area contributed by atoms with E-state index in [0.717, 1.165) is 0 Å². The maximum absolute atomic E-state index is 11.8. The van der Waals surface area contributed by atoms with Gasteiger partial charge in [-0.3, -0.25) is 4.79 Å². The van der Waals surface area contributed by atoms with Crippen molar-refractivity contribution in [3.8, 4) is 0 Å². The molecule has 1 atom stereocenters. The van der Waals surface area contributed by atoms with Crippen LogP contribution in [0.3, 0.4) is 0 Å². The van der Waals surface area contributed by atoms with Crippen molar-refractivity contribution in [2.75, 3.05) is 18.8 Å². The van der Waals surface area contributed by atoms with Crippen LogP contribution in [0.2, 0.25) is 0 Å². The van der Waals surface area contributed by atoms with E-state index in [1.165, 1.54) is 4.21 Å². The Kier molecular flexibility index (Phi) is 3.56. The lowest BCUT2D eigenvalue weighted by Gasteiger charge is -2.18. The van der Waals surface area contributed by atoms with Crippen molar-refractivity contribution in [1.29, 1.82) is 0 Å². The van der Waals surface area contributed by atoms with E-state index in [-0.39, 0.29) is 5.91 Å². The number of carbonyl (C=O) groups is 1. The topological polar surface area (TPSA) is 40.5 Å². The molecule has 1 aromatic rings. The molecule has 0 saturated carbocycles. The molecule has 2 rings (SSSR count). The lowest BCUT2D eigenvalue weighted by Crippen LogP contribution is -2.34. The maximum atomic E-state index is 11.8. The number of rotatable bonds is 3. The second-order valence-corrected chi connectivity index (χ2v) is 6.51. The summed E-state index contributed by atoms with van der Waals surface area (Å²) in [5.74, 6) is 0.590. The number of nitrogens with zero attached hydrogens (tertiary/aromatic N) is 1. The lowest BCUT2D eigenvalue weighted by atomic mass is 10.1. The van der Waals surface area contributed by atoms with Crippen molar-refractivity contribution in [2.45, 2.75) is 23.2 Å². The Labute approximate surface area is 103 Å². The average molecular weight is 257 g/mol. The zero-order valence-electron chi connectivity index (χ0n) is 9.18. The summed E-state index contributed by atoms with van der Waals surface area (Å²) in [6.07, 6.45) is 0.683. The van der Waals surface area contributed by atoms with Crippen LogP contribution in [0, 0.1) is 0 Å². The van der Waals surface area contributed by atoms with Gasteiger partial charge in [-0.15, -0.1) is 23.1 Å². The van der Waals surface area contributed by atoms with Crippen molar-refractivity contribution in [2.24, 2.45) is 0 Å². The molecule has 3 nitrogen and oxygen atoms in total. The molecule has 1 N–H and O–H groups in total. The standard InChI is InChI=1S/C11H15NO2S2/c1-11(14)4-5-12(8-11)9(13)7-16-10-3-2-6-15-10/h2-3,6,14H,4-5,7-8H2,1H3. The molecular formula is C11H15NO2S2. The van der Waals surface area contributed by atoms with Crippen LogP contribution in [0.4, 0.5) is 0 Å². The van der Waals surface area contributed by atoms with Gasteiger partial charge in [0.05, 0.1) is 15.6 Å². The van der Waals surface area contributed by atoms with Crippen molar-refractivity contribution >= 4 is 29.0 Å². The number of hydrogen-bond acceptors (Lipinski definition) is 4. The number of hydrogen-bond donors (Lipinski definition) is 1. The summed E-state index contributed by atoms with van der Waals surface area (Å²) in [5.41, 5.74) is -0.691. The Morgan fingerprint density at radius 3 is 3.12 bits per heavy atom. The molecule has 1 aliphatic heterocycles. The van der Waals surface area contributed by atoms with Crippen LogP contribution in [0.25, 0.3) is 0 Å². The highest BCUT2D eigenvalue weighted by Gasteiger charge is 2.33. The summed E-state index contributed by atoms with van der Waals surface area (Å²) in [5, 5.41) is 11.8. The Balaban J connectivity index is 1.81. The van der Waals surface area contributed by atoms with Crippen molar-refractivity contribution in [1.82, 2.24) is 4.90 Å². The highest BCUT2D eigenvalue weighted by atomic mass is 32.2. The molecule has 1 aromatic heterocycles. The highest BCUT2D eigenvalue weighted by Crippen LogP contribution is 2.25. The molecule has 88 valence electrons. The quantitative estimate of drug-likeness (QED) is 0.840. The van der Waals surface area contributed by atoms with Crippen LogP contribution < -0.4 is 0 Å². The van der Waals surface area contributed by atoms with E-state index < -0.39 is 5.60 Å². The molecule has 1 fully saturated rings.